The van der Waals surface area contributed by atoms with Crippen molar-refractivity contribution in [1.29, 1.82) is 0 Å². The summed E-state index contributed by atoms with van der Waals surface area (Å²) >= 11 is 0. The number of hydrogen-bond donors (Lipinski definition) is 1. The third-order valence-corrected chi connectivity index (χ3v) is 3.51. The number of carbonyl (C=O) groups is 1. The molecule has 1 atom stereocenters. The molecule has 1 saturated heterocycles. The minimum absolute atomic E-state index is 0.211. The van der Waals surface area contributed by atoms with E-state index in [0.717, 1.165) is 38.5 Å². The third kappa shape index (κ3) is 3.66. The molecule has 1 amide bonds. The van der Waals surface area contributed by atoms with Gasteiger partial charge in [-0.25, -0.2) is 0 Å². The van der Waals surface area contributed by atoms with Crippen LogP contribution < -0.4 is 10.2 Å². The lowest BCUT2D eigenvalue weighted by atomic mass is 9.99. The van der Waals surface area contributed by atoms with Gasteiger partial charge in [-0.05, 0) is 37.8 Å². The lowest BCUT2D eigenvalue weighted by Gasteiger charge is -2.33. The fraction of sp³-hybridized carbons (Fsp3) is 0.643. The van der Waals surface area contributed by atoms with E-state index in [-0.39, 0.29) is 5.91 Å². The molecule has 6 heteroatoms. The van der Waals surface area contributed by atoms with Crippen LogP contribution in [0.3, 0.4) is 0 Å². The number of hydrogen-bond acceptors (Lipinski definition) is 5. The summed E-state index contributed by atoms with van der Waals surface area (Å²) in [5.41, 5.74) is 0.346. The number of nitrogens with one attached hydrogen (secondary N) is 1. The van der Waals surface area contributed by atoms with Crippen molar-refractivity contribution < 1.29 is 9.53 Å². The molecule has 1 aliphatic heterocycles. The van der Waals surface area contributed by atoms with E-state index in [2.05, 4.69) is 20.4 Å². The summed E-state index contributed by atoms with van der Waals surface area (Å²) in [6.07, 6.45) is 2.33. The first-order chi connectivity index (χ1) is 9.74. The molecule has 1 unspecified atom stereocenters. The van der Waals surface area contributed by atoms with Crippen LogP contribution in [-0.4, -0.2) is 49.5 Å². The van der Waals surface area contributed by atoms with Crippen molar-refractivity contribution in [3.63, 3.8) is 0 Å². The highest BCUT2D eigenvalue weighted by atomic mass is 16.5. The number of anilines is 1. The molecule has 0 aliphatic carbocycles. The van der Waals surface area contributed by atoms with Crippen LogP contribution in [0.2, 0.25) is 0 Å². The molecular weight excluding hydrogens is 256 g/mol. The van der Waals surface area contributed by atoms with E-state index in [1.54, 1.807) is 13.1 Å². The molecule has 1 aliphatic rings. The molecule has 2 rings (SSSR count). The Morgan fingerprint density at radius 2 is 2.35 bits per heavy atom. The van der Waals surface area contributed by atoms with E-state index < -0.39 is 0 Å². The summed E-state index contributed by atoms with van der Waals surface area (Å²) in [4.78, 5) is 13.6. The molecule has 1 aromatic heterocycles. The smallest absolute Gasteiger partial charge is 0.271 e. The maximum Gasteiger partial charge on any atom is 0.271 e. The molecule has 2 heterocycles. The van der Waals surface area contributed by atoms with Gasteiger partial charge in [0.15, 0.2) is 11.5 Å². The van der Waals surface area contributed by atoms with Crippen LogP contribution in [-0.2, 0) is 4.74 Å². The Kier molecular flexibility index (Phi) is 5.29. The average molecular weight is 278 g/mol. The predicted octanol–water partition coefficient (Wildman–Crippen LogP) is 1.09. The van der Waals surface area contributed by atoms with E-state index >= 15 is 0 Å². The van der Waals surface area contributed by atoms with E-state index in [9.17, 15) is 4.79 Å². The Hall–Kier alpha value is -1.69. The molecule has 0 bridgehead atoms. The quantitative estimate of drug-likeness (QED) is 0.873. The van der Waals surface area contributed by atoms with Gasteiger partial charge in [0.05, 0.1) is 6.61 Å². The van der Waals surface area contributed by atoms with Crippen LogP contribution in [0.15, 0.2) is 12.1 Å². The van der Waals surface area contributed by atoms with Crippen LogP contribution >= 0.6 is 0 Å². The second-order valence-electron chi connectivity index (χ2n) is 4.97. The first kappa shape index (κ1) is 14.7. The molecule has 0 aromatic carbocycles. The standard InChI is InChI=1S/C14H22N4O2/c1-3-20-10-11-5-4-8-18(9-11)13-7-6-12(16-17-13)14(19)15-2/h6-7,11H,3-5,8-10H2,1-2H3,(H,15,19). The molecule has 6 nitrogen and oxygen atoms in total. The number of nitrogens with zero attached hydrogens (tertiary/aromatic N) is 3. The van der Waals surface area contributed by atoms with Crippen molar-refractivity contribution in [2.24, 2.45) is 5.92 Å². The van der Waals surface area contributed by atoms with Crippen molar-refractivity contribution in [2.75, 3.05) is 38.3 Å². The molecule has 1 N–H and O–H groups in total. The molecule has 20 heavy (non-hydrogen) atoms. The average Bonchev–Trinajstić information content (AvgIpc) is 2.52. The van der Waals surface area contributed by atoms with E-state index in [1.807, 2.05) is 13.0 Å². The zero-order valence-electron chi connectivity index (χ0n) is 12.1. The first-order valence-corrected chi connectivity index (χ1v) is 7.13. The maximum atomic E-state index is 11.4. The molecule has 1 aromatic rings. The van der Waals surface area contributed by atoms with Crippen molar-refractivity contribution in [1.82, 2.24) is 15.5 Å². The van der Waals surface area contributed by atoms with E-state index in [1.165, 1.54) is 6.42 Å². The van der Waals surface area contributed by atoms with Crippen molar-refractivity contribution in [3.05, 3.63) is 17.8 Å². The number of rotatable bonds is 5. The van der Waals surface area contributed by atoms with Gasteiger partial charge in [-0.2, -0.15) is 0 Å². The van der Waals surface area contributed by atoms with Gasteiger partial charge in [-0.1, -0.05) is 0 Å². The summed E-state index contributed by atoms with van der Waals surface area (Å²) in [6, 6.07) is 3.58. The minimum atomic E-state index is -0.211. The highest BCUT2D eigenvalue weighted by Gasteiger charge is 2.21. The summed E-state index contributed by atoms with van der Waals surface area (Å²) in [6.45, 7) is 5.50. The molecule has 0 radical (unpaired) electrons. The van der Waals surface area contributed by atoms with Gasteiger partial charge in [0.1, 0.15) is 0 Å². The fourth-order valence-electron chi connectivity index (χ4n) is 2.44. The Morgan fingerprint density at radius 1 is 1.50 bits per heavy atom. The molecule has 0 spiro atoms. The third-order valence-electron chi connectivity index (χ3n) is 3.51. The summed E-state index contributed by atoms with van der Waals surface area (Å²) in [7, 11) is 1.58. The number of amides is 1. The van der Waals surface area contributed by atoms with Gasteiger partial charge in [0.25, 0.3) is 5.91 Å². The Balaban J connectivity index is 1.98. The maximum absolute atomic E-state index is 11.4. The molecular formula is C14H22N4O2. The second-order valence-corrected chi connectivity index (χ2v) is 4.97. The van der Waals surface area contributed by atoms with Crippen LogP contribution in [0.5, 0.6) is 0 Å². The number of piperidine rings is 1. The zero-order chi connectivity index (χ0) is 14.4. The SMILES string of the molecule is CCOCC1CCCN(c2ccc(C(=O)NC)nn2)C1. The Labute approximate surface area is 119 Å². The van der Waals surface area contributed by atoms with Gasteiger partial charge in [0.2, 0.25) is 0 Å². The van der Waals surface area contributed by atoms with E-state index in [4.69, 9.17) is 4.74 Å². The van der Waals surface area contributed by atoms with Crippen LogP contribution in [0.4, 0.5) is 5.82 Å². The van der Waals surface area contributed by atoms with Gasteiger partial charge in [-0.15, -0.1) is 10.2 Å². The predicted molar refractivity (Wildman–Crippen MR) is 76.9 cm³/mol. The Bertz CT molecular complexity index is 435. The zero-order valence-corrected chi connectivity index (χ0v) is 12.1. The van der Waals surface area contributed by atoms with E-state index in [0.29, 0.717) is 11.6 Å². The molecule has 1 fully saturated rings. The molecule has 0 saturated carbocycles. The van der Waals surface area contributed by atoms with Gasteiger partial charge >= 0.3 is 0 Å². The summed E-state index contributed by atoms with van der Waals surface area (Å²) in [5.74, 6) is 1.17. The number of ether oxygens (including phenoxy) is 1. The van der Waals surface area contributed by atoms with Crippen LogP contribution in [0.1, 0.15) is 30.3 Å². The van der Waals surface area contributed by atoms with Crippen LogP contribution in [0.25, 0.3) is 0 Å². The number of carbonyl (C=O) groups excluding carboxylic acids is 1. The lowest BCUT2D eigenvalue weighted by Crippen LogP contribution is -2.38. The largest absolute Gasteiger partial charge is 0.381 e. The van der Waals surface area contributed by atoms with Crippen molar-refractivity contribution >= 4 is 11.7 Å². The minimum Gasteiger partial charge on any atom is -0.381 e. The topological polar surface area (TPSA) is 67.3 Å². The highest BCUT2D eigenvalue weighted by Crippen LogP contribution is 2.21. The highest BCUT2D eigenvalue weighted by molar-refractivity contribution is 5.91. The van der Waals surface area contributed by atoms with Crippen LogP contribution in [0, 0.1) is 5.92 Å². The van der Waals surface area contributed by atoms with Crippen molar-refractivity contribution in [2.45, 2.75) is 19.8 Å². The summed E-state index contributed by atoms with van der Waals surface area (Å²) in [5, 5.41) is 10.7. The molecule has 110 valence electrons. The fourth-order valence-corrected chi connectivity index (χ4v) is 2.44. The summed E-state index contributed by atoms with van der Waals surface area (Å²) < 4.78 is 5.51. The van der Waals surface area contributed by atoms with Gasteiger partial charge in [0, 0.05) is 26.7 Å². The lowest BCUT2D eigenvalue weighted by molar-refractivity contribution is 0.0957. The van der Waals surface area contributed by atoms with Gasteiger partial charge in [-0.3, -0.25) is 4.79 Å². The monoisotopic (exact) mass is 278 g/mol. The van der Waals surface area contributed by atoms with Gasteiger partial charge < -0.3 is 15.0 Å². The van der Waals surface area contributed by atoms with Crippen molar-refractivity contribution in [3.8, 4) is 0 Å². The first-order valence-electron chi connectivity index (χ1n) is 7.13. The number of aromatic nitrogens is 2. The second kappa shape index (κ2) is 7.19. The Morgan fingerprint density at radius 3 is 3.00 bits per heavy atom. The normalized spacial score (nSPS) is 18.9.